The third-order valence-electron chi connectivity index (χ3n) is 5.15. The van der Waals surface area contributed by atoms with Crippen LogP contribution in [0.15, 0.2) is 48.5 Å². The molecule has 0 aliphatic carbocycles. The van der Waals surface area contributed by atoms with E-state index in [0.29, 0.717) is 17.0 Å². The van der Waals surface area contributed by atoms with Crippen LogP contribution in [-0.2, 0) is 11.3 Å². The van der Waals surface area contributed by atoms with Crippen molar-refractivity contribution in [2.45, 2.75) is 12.8 Å². The number of amides is 2. The van der Waals surface area contributed by atoms with Crippen LogP contribution in [0.2, 0.25) is 0 Å². The lowest BCUT2D eigenvalue weighted by Gasteiger charge is -2.22. The van der Waals surface area contributed by atoms with Crippen LogP contribution in [0.3, 0.4) is 0 Å². The normalized spacial score (nSPS) is 13.8. The van der Waals surface area contributed by atoms with Gasteiger partial charge in [0.2, 0.25) is 6.30 Å². The summed E-state index contributed by atoms with van der Waals surface area (Å²) in [4.78, 5) is 38.1. The topological polar surface area (TPSA) is 66.5 Å². The van der Waals surface area contributed by atoms with Gasteiger partial charge in [0.1, 0.15) is 23.3 Å². The zero-order valence-electron chi connectivity index (χ0n) is 16.8. The number of Topliss-reactive ketones (excluding diaryl/α,β-unsaturated/α-hetero) is 1. The number of halogens is 6. The van der Waals surface area contributed by atoms with Crippen molar-refractivity contribution < 1.29 is 36.3 Å². The van der Waals surface area contributed by atoms with E-state index in [1.54, 1.807) is 22.6 Å². The average Bonchev–Trinajstić information content (AvgIpc) is 3.03. The summed E-state index contributed by atoms with van der Waals surface area (Å²) in [6.07, 6.45) is -2.35. The van der Waals surface area contributed by atoms with Crippen molar-refractivity contribution >= 4 is 45.9 Å². The Labute approximate surface area is 202 Å². The fourth-order valence-electron chi connectivity index (χ4n) is 3.51. The fourth-order valence-corrected chi connectivity index (χ4v) is 4.36. The summed E-state index contributed by atoms with van der Waals surface area (Å²) in [7, 11) is 0. The van der Waals surface area contributed by atoms with Crippen molar-refractivity contribution in [3.05, 3.63) is 97.6 Å². The Morgan fingerprint density at radius 1 is 0.971 bits per heavy atom. The minimum Gasteiger partial charge on any atom is -0.348 e. The molecular formula is C23H12F5IN2O3. The lowest BCUT2D eigenvalue weighted by atomic mass is 10.1. The molecule has 3 aromatic rings. The summed E-state index contributed by atoms with van der Waals surface area (Å²) < 4.78 is 70.3. The average molecular weight is 586 g/mol. The lowest BCUT2D eigenvalue weighted by molar-refractivity contribution is -0.115. The predicted molar refractivity (Wildman–Crippen MR) is 119 cm³/mol. The number of rotatable bonds is 5. The van der Waals surface area contributed by atoms with Gasteiger partial charge in [-0.05, 0) is 40.8 Å². The second-order valence-corrected chi connectivity index (χ2v) is 8.41. The van der Waals surface area contributed by atoms with Crippen molar-refractivity contribution in [1.29, 1.82) is 0 Å². The predicted octanol–water partition coefficient (Wildman–Crippen LogP) is 4.98. The molecule has 0 saturated carbocycles. The van der Waals surface area contributed by atoms with E-state index in [-0.39, 0.29) is 20.4 Å². The first-order chi connectivity index (χ1) is 16.1. The number of hydrogen-bond donors (Lipinski definition) is 1. The molecule has 1 heterocycles. The number of carbonyl (C=O) groups is 3. The van der Waals surface area contributed by atoms with Gasteiger partial charge in [-0.2, -0.15) is 0 Å². The van der Waals surface area contributed by atoms with E-state index >= 15 is 4.39 Å². The minimum absolute atomic E-state index is 0.140. The maximum absolute atomic E-state index is 15.3. The largest absolute Gasteiger partial charge is 0.348 e. The van der Waals surface area contributed by atoms with E-state index in [1.807, 2.05) is 0 Å². The molecular weight excluding hydrogens is 574 g/mol. The van der Waals surface area contributed by atoms with E-state index < -0.39 is 64.8 Å². The number of ketones is 1. The van der Waals surface area contributed by atoms with Gasteiger partial charge in [0, 0.05) is 38.9 Å². The molecule has 2 amide bonds. The van der Waals surface area contributed by atoms with Gasteiger partial charge in [-0.3, -0.25) is 19.3 Å². The third kappa shape index (κ3) is 4.15. The Kier molecular flexibility index (Phi) is 6.39. The van der Waals surface area contributed by atoms with Crippen molar-refractivity contribution in [2.24, 2.45) is 0 Å². The molecule has 1 atom stereocenters. The highest BCUT2D eigenvalue weighted by Crippen LogP contribution is 2.40. The third-order valence-corrected chi connectivity index (χ3v) is 6.00. The first-order valence-electron chi connectivity index (χ1n) is 9.61. The van der Waals surface area contributed by atoms with Crippen LogP contribution in [0.5, 0.6) is 0 Å². The Balaban J connectivity index is 1.67. The van der Waals surface area contributed by atoms with Gasteiger partial charge in [-0.1, -0.05) is 18.2 Å². The van der Waals surface area contributed by atoms with Crippen LogP contribution in [0, 0.1) is 26.8 Å². The summed E-state index contributed by atoms with van der Waals surface area (Å²) in [6, 6.07) is 8.00. The fraction of sp³-hybridized carbons (Fsp3) is 0.0870. The maximum atomic E-state index is 15.3. The van der Waals surface area contributed by atoms with Gasteiger partial charge in [-0.15, -0.1) is 0 Å². The highest BCUT2D eigenvalue weighted by molar-refractivity contribution is 14.1. The second-order valence-electron chi connectivity index (χ2n) is 7.24. The van der Waals surface area contributed by atoms with Crippen molar-refractivity contribution in [3.63, 3.8) is 0 Å². The SMILES string of the molecule is O=C(NCc1c(F)cc(F)cc1F)c1cc(I)c2c(c1)N(C(F)c1ccccc1F)C(=O)C2=O. The standard InChI is InChI=1S/C23H12F5IN2O3/c24-11-7-15(26)13(16(27)8-11)9-30-22(33)10-5-17(29)19-18(6-10)31(23(34)20(19)32)21(28)12-3-1-2-4-14(12)25/h1-8,21H,9H2,(H,30,33). The number of alkyl halides is 1. The molecule has 11 heteroatoms. The van der Waals surface area contributed by atoms with E-state index in [1.165, 1.54) is 18.2 Å². The molecule has 1 aliphatic heterocycles. The Morgan fingerprint density at radius 3 is 2.26 bits per heavy atom. The highest BCUT2D eigenvalue weighted by atomic mass is 127. The van der Waals surface area contributed by atoms with E-state index in [9.17, 15) is 31.9 Å². The molecule has 5 nitrogen and oxygen atoms in total. The van der Waals surface area contributed by atoms with Gasteiger partial charge < -0.3 is 5.32 Å². The van der Waals surface area contributed by atoms with Crippen LogP contribution in [-0.4, -0.2) is 17.6 Å². The summed E-state index contributed by atoms with van der Waals surface area (Å²) in [5, 5.41) is 2.26. The van der Waals surface area contributed by atoms with Gasteiger partial charge in [-0.25, -0.2) is 22.0 Å². The monoisotopic (exact) mass is 586 g/mol. The Morgan fingerprint density at radius 2 is 1.62 bits per heavy atom. The maximum Gasteiger partial charge on any atom is 0.302 e. The van der Waals surface area contributed by atoms with E-state index in [2.05, 4.69) is 5.32 Å². The quantitative estimate of drug-likeness (QED) is 0.199. The Bertz CT molecular complexity index is 1340. The molecule has 4 rings (SSSR count). The van der Waals surface area contributed by atoms with Crippen molar-refractivity contribution in [1.82, 2.24) is 5.32 Å². The molecule has 0 spiro atoms. The van der Waals surface area contributed by atoms with Gasteiger partial charge >= 0.3 is 5.91 Å². The molecule has 0 radical (unpaired) electrons. The first-order valence-corrected chi connectivity index (χ1v) is 10.7. The van der Waals surface area contributed by atoms with Gasteiger partial charge in [0.25, 0.3) is 11.7 Å². The summed E-state index contributed by atoms with van der Waals surface area (Å²) in [5.74, 6) is -7.59. The van der Waals surface area contributed by atoms with Crippen molar-refractivity contribution in [3.8, 4) is 0 Å². The van der Waals surface area contributed by atoms with E-state index in [4.69, 9.17) is 0 Å². The number of nitrogens with zero attached hydrogens (tertiary/aromatic N) is 1. The smallest absolute Gasteiger partial charge is 0.302 e. The Hall–Kier alpha value is -3.35. The number of anilines is 1. The van der Waals surface area contributed by atoms with Crippen LogP contribution < -0.4 is 10.2 Å². The molecule has 1 aliphatic rings. The number of nitrogens with one attached hydrogen (secondary N) is 1. The zero-order chi connectivity index (χ0) is 24.7. The van der Waals surface area contributed by atoms with E-state index in [0.717, 1.165) is 18.2 Å². The van der Waals surface area contributed by atoms with Crippen LogP contribution in [0.1, 0.15) is 38.1 Å². The summed E-state index contributed by atoms with van der Waals surface area (Å²) >= 11 is 1.68. The molecule has 1 N–H and O–H groups in total. The minimum atomic E-state index is -2.35. The van der Waals surface area contributed by atoms with Crippen molar-refractivity contribution in [2.75, 3.05) is 4.90 Å². The molecule has 3 aromatic carbocycles. The number of benzene rings is 3. The van der Waals surface area contributed by atoms with Crippen LogP contribution in [0.4, 0.5) is 27.6 Å². The van der Waals surface area contributed by atoms with Crippen LogP contribution >= 0.6 is 22.6 Å². The van der Waals surface area contributed by atoms with Gasteiger partial charge in [0.15, 0.2) is 0 Å². The second kappa shape index (κ2) is 9.12. The van der Waals surface area contributed by atoms with Gasteiger partial charge in [0.05, 0.1) is 11.3 Å². The molecule has 34 heavy (non-hydrogen) atoms. The molecule has 174 valence electrons. The number of hydrogen-bond acceptors (Lipinski definition) is 3. The molecule has 0 aromatic heterocycles. The summed E-state index contributed by atoms with van der Waals surface area (Å²) in [5.41, 5.74) is -1.62. The molecule has 0 fully saturated rings. The molecule has 0 bridgehead atoms. The molecule has 1 unspecified atom stereocenters. The summed E-state index contributed by atoms with van der Waals surface area (Å²) in [6.45, 7) is -0.632. The highest BCUT2D eigenvalue weighted by Gasteiger charge is 2.43. The number of carbonyl (C=O) groups excluding carboxylic acids is 3. The lowest BCUT2D eigenvalue weighted by Crippen LogP contribution is -2.32. The van der Waals surface area contributed by atoms with Crippen LogP contribution in [0.25, 0.3) is 0 Å². The zero-order valence-corrected chi connectivity index (χ0v) is 19.0. The first kappa shape index (κ1) is 23.8. The molecule has 0 saturated heterocycles. The number of fused-ring (bicyclic) bond motifs is 1.